The molecule has 0 radical (unpaired) electrons. The van der Waals surface area contributed by atoms with Crippen LogP contribution in [0.25, 0.3) is 21.8 Å². The lowest BCUT2D eigenvalue weighted by molar-refractivity contribution is 0.0730. The molecule has 0 amide bonds. The first-order valence-corrected chi connectivity index (χ1v) is 10.6. The fourth-order valence-corrected chi connectivity index (χ4v) is 4.00. The molecule has 0 bridgehead atoms. The molecule has 2 aromatic heterocycles. The van der Waals surface area contributed by atoms with Gasteiger partial charge in [-0.3, -0.25) is 4.98 Å². The van der Waals surface area contributed by atoms with E-state index in [4.69, 9.17) is 19.2 Å². The van der Waals surface area contributed by atoms with Crippen molar-refractivity contribution in [3.8, 4) is 17.4 Å². The lowest BCUT2D eigenvalue weighted by atomic mass is 10.0. The quantitative estimate of drug-likeness (QED) is 0.357. The highest BCUT2D eigenvalue weighted by Crippen LogP contribution is 2.33. The highest BCUT2D eigenvalue weighted by atomic mass is 16.7. The van der Waals surface area contributed by atoms with Crippen LogP contribution in [0, 0.1) is 0 Å². The summed E-state index contributed by atoms with van der Waals surface area (Å²) in [5, 5.41) is 1.72. The number of carbonyl (C=O) groups is 1. The summed E-state index contributed by atoms with van der Waals surface area (Å²) in [6, 6.07) is 26.4. The number of esters is 1. The maximum atomic E-state index is 13.2. The predicted octanol–water partition coefficient (Wildman–Crippen LogP) is 5.32. The average Bonchev–Trinajstić information content (AvgIpc) is 3.31. The van der Waals surface area contributed by atoms with Gasteiger partial charge < -0.3 is 14.2 Å². The van der Waals surface area contributed by atoms with E-state index in [-0.39, 0.29) is 12.7 Å². The van der Waals surface area contributed by atoms with Gasteiger partial charge in [-0.25, -0.2) is 9.78 Å². The van der Waals surface area contributed by atoms with Crippen molar-refractivity contribution in [1.82, 2.24) is 9.97 Å². The zero-order valence-electron chi connectivity index (χ0n) is 17.5. The van der Waals surface area contributed by atoms with Crippen molar-refractivity contribution in [2.45, 2.75) is 6.42 Å². The third-order valence-electron chi connectivity index (χ3n) is 5.58. The molecule has 160 valence electrons. The van der Waals surface area contributed by atoms with E-state index < -0.39 is 5.97 Å². The van der Waals surface area contributed by atoms with Crippen molar-refractivity contribution in [2.75, 3.05) is 6.79 Å². The Balaban J connectivity index is 1.35. The maximum absolute atomic E-state index is 13.2. The van der Waals surface area contributed by atoms with E-state index in [1.54, 1.807) is 12.1 Å². The molecule has 1 aliphatic heterocycles. The van der Waals surface area contributed by atoms with Gasteiger partial charge in [0.05, 0.1) is 16.6 Å². The minimum Gasteiger partial charge on any atom is -0.454 e. The first-order valence-electron chi connectivity index (χ1n) is 10.6. The van der Waals surface area contributed by atoms with Gasteiger partial charge >= 0.3 is 5.97 Å². The number of ether oxygens (including phenoxy) is 3. The van der Waals surface area contributed by atoms with Crippen molar-refractivity contribution in [3.63, 3.8) is 0 Å². The number of aromatic nitrogens is 2. The van der Waals surface area contributed by atoms with Gasteiger partial charge in [0.15, 0.2) is 11.5 Å². The summed E-state index contributed by atoms with van der Waals surface area (Å²) in [6.45, 7) is 0.228. The highest BCUT2D eigenvalue weighted by Gasteiger charge is 2.18. The van der Waals surface area contributed by atoms with E-state index in [9.17, 15) is 4.79 Å². The molecule has 0 aliphatic carbocycles. The van der Waals surface area contributed by atoms with Gasteiger partial charge in [0, 0.05) is 29.0 Å². The zero-order chi connectivity index (χ0) is 22.2. The number of fused-ring (bicyclic) bond motifs is 3. The molecule has 0 saturated heterocycles. The number of benzene rings is 3. The van der Waals surface area contributed by atoms with E-state index in [1.165, 1.54) is 0 Å². The van der Waals surface area contributed by atoms with Crippen LogP contribution in [0.2, 0.25) is 0 Å². The number of rotatable bonds is 4. The number of para-hydroxylation sites is 2. The monoisotopic (exact) mass is 434 g/mol. The summed E-state index contributed by atoms with van der Waals surface area (Å²) >= 11 is 0. The average molecular weight is 434 g/mol. The number of hydrogen-bond acceptors (Lipinski definition) is 6. The second-order valence-corrected chi connectivity index (χ2v) is 7.77. The first kappa shape index (κ1) is 19.3. The molecule has 0 fully saturated rings. The van der Waals surface area contributed by atoms with Gasteiger partial charge in [0.1, 0.15) is 0 Å². The number of carbonyl (C=O) groups excluding carboxylic acids is 1. The van der Waals surface area contributed by atoms with Gasteiger partial charge in [-0.15, -0.1) is 0 Å². The SMILES string of the molecule is O=C(Oc1ccc2ccccc2n1)c1cc(Cc2ccc3c(c2)OCO3)nc2ccccc12. The zero-order valence-corrected chi connectivity index (χ0v) is 17.5. The maximum Gasteiger partial charge on any atom is 0.345 e. The largest absolute Gasteiger partial charge is 0.454 e. The topological polar surface area (TPSA) is 70.5 Å². The third-order valence-corrected chi connectivity index (χ3v) is 5.58. The molecule has 3 heterocycles. The molecule has 0 saturated carbocycles. The van der Waals surface area contributed by atoms with E-state index in [1.807, 2.05) is 72.8 Å². The van der Waals surface area contributed by atoms with Crippen LogP contribution in [0.5, 0.6) is 17.4 Å². The van der Waals surface area contributed by atoms with E-state index in [0.29, 0.717) is 12.0 Å². The summed E-state index contributed by atoms with van der Waals surface area (Å²) < 4.78 is 16.5. The van der Waals surface area contributed by atoms with Crippen LogP contribution < -0.4 is 14.2 Å². The van der Waals surface area contributed by atoms with Gasteiger partial charge in [-0.05, 0) is 42.0 Å². The molecule has 6 nitrogen and oxygen atoms in total. The Kier molecular flexibility index (Phi) is 4.61. The number of pyridine rings is 2. The summed E-state index contributed by atoms with van der Waals surface area (Å²) in [6.07, 6.45) is 0.538. The Bertz CT molecular complexity index is 1530. The molecule has 0 atom stereocenters. The Morgan fingerprint density at radius 1 is 0.818 bits per heavy atom. The highest BCUT2D eigenvalue weighted by molar-refractivity contribution is 6.04. The summed E-state index contributed by atoms with van der Waals surface area (Å²) in [5.41, 5.74) is 3.72. The Morgan fingerprint density at radius 2 is 1.64 bits per heavy atom. The van der Waals surface area contributed by atoms with E-state index >= 15 is 0 Å². The molecule has 0 spiro atoms. The van der Waals surface area contributed by atoms with Crippen LogP contribution in [0.3, 0.4) is 0 Å². The molecule has 6 rings (SSSR count). The van der Waals surface area contributed by atoms with Crippen LogP contribution in [0.15, 0.2) is 84.9 Å². The van der Waals surface area contributed by atoms with Crippen LogP contribution >= 0.6 is 0 Å². The second-order valence-electron chi connectivity index (χ2n) is 7.77. The number of hydrogen-bond donors (Lipinski definition) is 0. The fourth-order valence-electron chi connectivity index (χ4n) is 4.00. The summed E-state index contributed by atoms with van der Waals surface area (Å²) in [5.74, 6) is 1.24. The van der Waals surface area contributed by atoms with Gasteiger partial charge in [-0.2, -0.15) is 0 Å². The third kappa shape index (κ3) is 3.72. The van der Waals surface area contributed by atoms with E-state index in [2.05, 4.69) is 4.98 Å². The van der Waals surface area contributed by atoms with Gasteiger partial charge in [0.25, 0.3) is 0 Å². The van der Waals surface area contributed by atoms with Crippen molar-refractivity contribution in [1.29, 1.82) is 0 Å². The standard InChI is InChI=1S/C27H18N2O4/c30-27(33-26-12-10-18-5-1-3-7-22(18)29-26)21-15-19(28-23-8-4-2-6-20(21)23)13-17-9-11-24-25(14-17)32-16-31-24/h1-12,14-15H,13,16H2. The molecule has 6 heteroatoms. The van der Waals surface area contributed by atoms with Gasteiger partial charge in [-0.1, -0.05) is 42.5 Å². The van der Waals surface area contributed by atoms with Crippen LogP contribution in [-0.4, -0.2) is 22.7 Å². The Hall–Kier alpha value is -4.45. The van der Waals surface area contributed by atoms with Crippen molar-refractivity contribution in [2.24, 2.45) is 0 Å². The molecule has 1 aliphatic rings. The van der Waals surface area contributed by atoms with Crippen LogP contribution in [0.4, 0.5) is 0 Å². The predicted molar refractivity (Wildman–Crippen MR) is 124 cm³/mol. The van der Waals surface area contributed by atoms with Gasteiger partial charge in [0.2, 0.25) is 12.7 Å². The lowest BCUT2D eigenvalue weighted by Gasteiger charge is -2.10. The second kappa shape index (κ2) is 7.91. The molecule has 5 aromatic rings. The van der Waals surface area contributed by atoms with Crippen LogP contribution in [0.1, 0.15) is 21.6 Å². The molecule has 0 N–H and O–H groups in total. The minimum absolute atomic E-state index is 0.228. The number of nitrogens with zero attached hydrogens (tertiary/aromatic N) is 2. The van der Waals surface area contributed by atoms with Crippen molar-refractivity contribution < 1.29 is 19.0 Å². The Labute approximate surface area is 189 Å². The van der Waals surface area contributed by atoms with Crippen LogP contribution in [-0.2, 0) is 6.42 Å². The first-order chi connectivity index (χ1) is 16.2. The minimum atomic E-state index is -0.469. The van der Waals surface area contributed by atoms with Crippen molar-refractivity contribution in [3.05, 3.63) is 102 Å². The molecule has 3 aromatic carbocycles. The smallest absolute Gasteiger partial charge is 0.345 e. The fraction of sp³-hybridized carbons (Fsp3) is 0.0741. The molecule has 33 heavy (non-hydrogen) atoms. The van der Waals surface area contributed by atoms with Crippen molar-refractivity contribution >= 4 is 27.8 Å². The van der Waals surface area contributed by atoms with E-state index in [0.717, 1.165) is 44.6 Å². The normalized spacial score (nSPS) is 12.2. The molecule has 0 unspecified atom stereocenters. The Morgan fingerprint density at radius 3 is 2.58 bits per heavy atom. The molecular formula is C27H18N2O4. The summed E-state index contributed by atoms with van der Waals surface area (Å²) in [4.78, 5) is 22.4. The summed E-state index contributed by atoms with van der Waals surface area (Å²) in [7, 11) is 0. The lowest BCUT2D eigenvalue weighted by Crippen LogP contribution is -2.11. The molecular weight excluding hydrogens is 416 g/mol.